The number of hydrogen-bond donors (Lipinski definition) is 3. The smallest absolute Gasteiger partial charge is 0.319 e. The zero-order chi connectivity index (χ0) is 34.1. The molecule has 252 valence electrons. The number of nitrogens with one attached hydrogen (secondary N) is 2. The van der Waals surface area contributed by atoms with Gasteiger partial charge in [0.05, 0.1) is 16.8 Å². The van der Waals surface area contributed by atoms with Gasteiger partial charge in [-0.05, 0) is 75.9 Å². The van der Waals surface area contributed by atoms with Crippen molar-refractivity contribution in [1.82, 2.24) is 10.2 Å². The van der Waals surface area contributed by atoms with Crippen LogP contribution in [0.4, 0.5) is 25.0 Å². The Balaban J connectivity index is 1.43. The summed E-state index contributed by atoms with van der Waals surface area (Å²) < 4.78 is 36.3. The van der Waals surface area contributed by atoms with E-state index in [1.54, 1.807) is 68.4 Å². The molecule has 1 saturated heterocycles. The summed E-state index contributed by atoms with van der Waals surface area (Å²) in [4.78, 5) is 45.2. The number of carboxylic acid groups (broad SMARTS) is 1. The molecule has 1 fully saturated rings. The number of urea groups is 1. The Hall–Kier alpha value is -4.71. The number of carboxylic acids is 1. The standard InChI is InChI=1S/C35H42F2N4O6/c1-5-24(6-2)38-34(45)39-30-20-29(37)31(21-28(30)36)47-41(25-10-8-7-9-11-25)32(42)23-12-14-26(15-13-23)46-27-16-18-40(19-17-27)22-35(3,4)33(43)44/h7-15,20-21,24,27H,5-6,16-19,22H2,1-4H3,(H,43,44)(H2,38,39,45). The zero-order valence-electron chi connectivity index (χ0n) is 27.1. The molecule has 0 bridgehead atoms. The number of aliphatic carboxylic acids is 1. The number of rotatable bonds is 13. The molecule has 3 amide bonds. The molecule has 0 spiro atoms. The highest BCUT2D eigenvalue weighted by atomic mass is 19.1. The summed E-state index contributed by atoms with van der Waals surface area (Å²) in [5.41, 5.74) is -0.717. The normalized spacial score (nSPS) is 14.0. The number of nitrogens with zero attached hydrogens (tertiary/aromatic N) is 2. The lowest BCUT2D eigenvalue weighted by atomic mass is 9.92. The second kappa shape index (κ2) is 15.7. The van der Waals surface area contributed by atoms with Gasteiger partial charge in [0.25, 0.3) is 5.91 Å². The molecule has 0 saturated carbocycles. The number of piperidine rings is 1. The number of anilines is 2. The molecule has 10 nitrogen and oxygen atoms in total. The molecule has 4 rings (SSSR count). The number of ether oxygens (including phenoxy) is 1. The first-order valence-electron chi connectivity index (χ1n) is 15.8. The van der Waals surface area contributed by atoms with Crippen molar-refractivity contribution in [2.75, 3.05) is 30.0 Å². The van der Waals surface area contributed by atoms with Gasteiger partial charge in [0.15, 0.2) is 17.4 Å². The number of carbonyl (C=O) groups is 3. The minimum Gasteiger partial charge on any atom is -0.490 e. The Morgan fingerprint density at radius 2 is 1.62 bits per heavy atom. The summed E-state index contributed by atoms with van der Waals surface area (Å²) in [6.07, 6.45) is 2.76. The molecule has 0 radical (unpaired) electrons. The minimum atomic E-state index is -0.987. The number of para-hydroxylation sites is 1. The van der Waals surface area contributed by atoms with Crippen LogP contribution in [-0.2, 0) is 4.79 Å². The molecule has 3 aromatic carbocycles. The molecular weight excluding hydrogens is 610 g/mol. The Morgan fingerprint density at radius 3 is 2.21 bits per heavy atom. The van der Waals surface area contributed by atoms with E-state index in [1.165, 1.54) is 0 Å². The fourth-order valence-corrected chi connectivity index (χ4v) is 5.20. The Kier molecular flexibility index (Phi) is 11.8. The van der Waals surface area contributed by atoms with Gasteiger partial charge < -0.3 is 30.2 Å². The maximum atomic E-state index is 15.2. The van der Waals surface area contributed by atoms with Crippen LogP contribution < -0.4 is 25.3 Å². The minimum absolute atomic E-state index is 0.0639. The summed E-state index contributed by atoms with van der Waals surface area (Å²) in [5, 5.41) is 15.3. The first kappa shape index (κ1) is 35.1. The van der Waals surface area contributed by atoms with Gasteiger partial charge in [-0.3, -0.25) is 9.59 Å². The van der Waals surface area contributed by atoms with Crippen LogP contribution in [0.15, 0.2) is 66.7 Å². The Bertz CT molecular complexity index is 1530. The van der Waals surface area contributed by atoms with Gasteiger partial charge >= 0.3 is 12.0 Å². The predicted molar refractivity (Wildman–Crippen MR) is 175 cm³/mol. The van der Waals surface area contributed by atoms with Gasteiger partial charge in [0.2, 0.25) is 0 Å². The van der Waals surface area contributed by atoms with E-state index >= 15 is 4.39 Å². The largest absolute Gasteiger partial charge is 0.490 e. The quantitative estimate of drug-likeness (QED) is 0.172. The number of benzene rings is 3. The van der Waals surface area contributed by atoms with Crippen molar-refractivity contribution in [2.45, 2.75) is 65.5 Å². The van der Waals surface area contributed by atoms with E-state index in [0.717, 1.165) is 30.0 Å². The van der Waals surface area contributed by atoms with Gasteiger partial charge in [-0.2, -0.15) is 0 Å². The Morgan fingerprint density at radius 1 is 0.979 bits per heavy atom. The van der Waals surface area contributed by atoms with E-state index in [0.29, 0.717) is 38.2 Å². The monoisotopic (exact) mass is 652 g/mol. The van der Waals surface area contributed by atoms with Crippen molar-refractivity contribution in [1.29, 1.82) is 0 Å². The van der Waals surface area contributed by atoms with E-state index < -0.39 is 40.7 Å². The van der Waals surface area contributed by atoms with Crippen molar-refractivity contribution < 1.29 is 37.8 Å². The molecule has 3 N–H and O–H groups in total. The second-order valence-corrected chi connectivity index (χ2v) is 12.2. The molecule has 3 aromatic rings. The Labute approximate surface area is 273 Å². The van der Waals surface area contributed by atoms with Gasteiger partial charge in [0.1, 0.15) is 11.9 Å². The molecule has 47 heavy (non-hydrogen) atoms. The average Bonchev–Trinajstić information content (AvgIpc) is 3.05. The summed E-state index contributed by atoms with van der Waals surface area (Å²) in [6, 6.07) is 15.5. The summed E-state index contributed by atoms with van der Waals surface area (Å²) in [5.74, 6) is -3.39. The van der Waals surface area contributed by atoms with Crippen LogP contribution in [0.5, 0.6) is 11.5 Å². The molecule has 0 aliphatic carbocycles. The maximum Gasteiger partial charge on any atom is 0.319 e. The third kappa shape index (κ3) is 9.41. The van der Waals surface area contributed by atoms with Crippen LogP contribution in [0, 0.1) is 17.0 Å². The molecule has 1 aliphatic heterocycles. The van der Waals surface area contributed by atoms with Crippen LogP contribution in [0.2, 0.25) is 0 Å². The summed E-state index contributed by atoms with van der Waals surface area (Å²) in [6.45, 7) is 9.11. The average molecular weight is 653 g/mol. The fraction of sp³-hybridized carbons (Fsp3) is 0.400. The lowest BCUT2D eigenvalue weighted by Crippen LogP contribution is -2.45. The SMILES string of the molecule is CCC(CC)NC(=O)Nc1cc(F)c(ON(C(=O)c2ccc(OC3CCN(CC(C)(C)C(=O)O)CC3)cc2)c2ccccc2)cc1F. The molecule has 0 unspecified atom stereocenters. The zero-order valence-corrected chi connectivity index (χ0v) is 27.1. The van der Waals surface area contributed by atoms with Gasteiger partial charge in [-0.15, -0.1) is 5.06 Å². The van der Waals surface area contributed by atoms with Crippen molar-refractivity contribution in [3.63, 3.8) is 0 Å². The van der Waals surface area contributed by atoms with Gasteiger partial charge in [-0.1, -0.05) is 32.0 Å². The molecule has 12 heteroatoms. The first-order valence-corrected chi connectivity index (χ1v) is 15.8. The highest BCUT2D eigenvalue weighted by Crippen LogP contribution is 2.29. The second-order valence-electron chi connectivity index (χ2n) is 12.2. The van der Waals surface area contributed by atoms with Crippen LogP contribution in [0.25, 0.3) is 0 Å². The lowest BCUT2D eigenvalue weighted by Gasteiger charge is -2.35. The number of hydrogen-bond acceptors (Lipinski definition) is 6. The van der Waals surface area contributed by atoms with E-state index in [9.17, 15) is 23.9 Å². The van der Waals surface area contributed by atoms with E-state index in [1.807, 2.05) is 13.8 Å². The van der Waals surface area contributed by atoms with Crippen LogP contribution in [-0.4, -0.2) is 59.7 Å². The van der Waals surface area contributed by atoms with Crippen LogP contribution >= 0.6 is 0 Å². The maximum absolute atomic E-state index is 15.2. The topological polar surface area (TPSA) is 120 Å². The van der Waals surface area contributed by atoms with Crippen molar-refractivity contribution in [3.05, 3.63) is 83.9 Å². The van der Waals surface area contributed by atoms with Crippen molar-refractivity contribution in [2.24, 2.45) is 5.41 Å². The van der Waals surface area contributed by atoms with Crippen LogP contribution in [0.3, 0.4) is 0 Å². The van der Waals surface area contributed by atoms with E-state index in [2.05, 4.69) is 15.5 Å². The van der Waals surface area contributed by atoms with E-state index in [4.69, 9.17) is 9.57 Å². The number of amides is 3. The third-order valence-corrected chi connectivity index (χ3v) is 8.09. The fourth-order valence-electron chi connectivity index (χ4n) is 5.20. The number of hydroxylamine groups is 1. The molecular formula is C35H42F2N4O6. The highest BCUT2D eigenvalue weighted by molar-refractivity contribution is 6.05. The lowest BCUT2D eigenvalue weighted by molar-refractivity contribution is -0.148. The van der Waals surface area contributed by atoms with Gasteiger partial charge in [0, 0.05) is 43.4 Å². The summed E-state index contributed by atoms with van der Waals surface area (Å²) >= 11 is 0. The highest BCUT2D eigenvalue weighted by Gasteiger charge is 2.32. The first-order chi connectivity index (χ1) is 22.4. The number of halogens is 2. The molecule has 1 heterocycles. The third-order valence-electron chi connectivity index (χ3n) is 8.09. The predicted octanol–water partition coefficient (Wildman–Crippen LogP) is 6.87. The molecule has 0 aromatic heterocycles. The van der Waals surface area contributed by atoms with Crippen molar-refractivity contribution in [3.8, 4) is 11.5 Å². The van der Waals surface area contributed by atoms with E-state index in [-0.39, 0.29) is 29.1 Å². The van der Waals surface area contributed by atoms with Crippen LogP contribution in [0.1, 0.15) is 63.7 Å². The van der Waals surface area contributed by atoms with Crippen molar-refractivity contribution >= 4 is 29.3 Å². The molecule has 0 atom stereocenters. The molecule has 1 aliphatic rings. The van der Waals surface area contributed by atoms with Gasteiger partial charge in [-0.25, -0.2) is 13.6 Å². The number of likely N-dealkylation sites (tertiary alicyclic amines) is 1. The summed E-state index contributed by atoms with van der Waals surface area (Å²) in [7, 11) is 0. The number of carbonyl (C=O) groups excluding carboxylic acids is 2.